The average molecular weight is 225 g/mol. The molecule has 0 bridgehead atoms. The van der Waals surface area contributed by atoms with Crippen LogP contribution in [0.3, 0.4) is 0 Å². The van der Waals surface area contributed by atoms with Crippen molar-refractivity contribution < 1.29 is 4.74 Å². The van der Waals surface area contributed by atoms with E-state index in [1.165, 1.54) is 57.9 Å². The highest BCUT2D eigenvalue weighted by Crippen LogP contribution is 2.25. The average Bonchev–Trinajstić information content (AvgIpc) is 2.80. The summed E-state index contributed by atoms with van der Waals surface area (Å²) in [4.78, 5) is 0. The molecule has 2 heteroatoms. The summed E-state index contributed by atoms with van der Waals surface area (Å²) < 4.78 is 5.96. The van der Waals surface area contributed by atoms with E-state index in [1.54, 1.807) is 0 Å². The van der Waals surface area contributed by atoms with Crippen LogP contribution in [0.25, 0.3) is 0 Å². The molecule has 0 aromatic heterocycles. The molecule has 2 rings (SSSR count). The highest BCUT2D eigenvalue weighted by Gasteiger charge is 2.18. The zero-order valence-corrected chi connectivity index (χ0v) is 10.7. The van der Waals surface area contributed by atoms with Gasteiger partial charge in [0.1, 0.15) is 0 Å². The summed E-state index contributed by atoms with van der Waals surface area (Å²) in [6.07, 6.45) is 11.2. The van der Waals surface area contributed by atoms with Gasteiger partial charge in [-0.25, -0.2) is 0 Å². The van der Waals surface area contributed by atoms with Crippen LogP contribution in [0.2, 0.25) is 0 Å². The zero-order valence-electron chi connectivity index (χ0n) is 10.7. The highest BCUT2D eigenvalue weighted by atomic mass is 16.5. The lowest BCUT2D eigenvalue weighted by Crippen LogP contribution is -2.23. The first kappa shape index (κ1) is 12.4. The summed E-state index contributed by atoms with van der Waals surface area (Å²) in [5, 5.41) is 3.55. The van der Waals surface area contributed by atoms with E-state index in [4.69, 9.17) is 4.74 Å². The van der Waals surface area contributed by atoms with E-state index in [-0.39, 0.29) is 0 Å². The molecular weight excluding hydrogens is 198 g/mol. The van der Waals surface area contributed by atoms with Gasteiger partial charge in [0.05, 0.1) is 6.10 Å². The van der Waals surface area contributed by atoms with Gasteiger partial charge in [-0.2, -0.15) is 0 Å². The Kier molecular flexibility index (Phi) is 5.11. The molecule has 0 radical (unpaired) electrons. The van der Waals surface area contributed by atoms with Crippen LogP contribution in [0.5, 0.6) is 0 Å². The molecule has 1 aliphatic heterocycles. The van der Waals surface area contributed by atoms with Gasteiger partial charge in [0.15, 0.2) is 0 Å². The monoisotopic (exact) mass is 225 g/mol. The first-order chi connectivity index (χ1) is 7.84. The lowest BCUT2D eigenvalue weighted by molar-refractivity contribution is 0.0173. The number of hydrogen-bond acceptors (Lipinski definition) is 2. The second-order valence-corrected chi connectivity index (χ2v) is 5.69. The molecule has 1 saturated heterocycles. The normalized spacial score (nSPS) is 35.4. The van der Waals surface area contributed by atoms with E-state index in [9.17, 15) is 0 Å². The Hall–Kier alpha value is -0.0800. The van der Waals surface area contributed by atoms with E-state index in [0.29, 0.717) is 6.10 Å². The first-order valence-electron chi connectivity index (χ1n) is 7.19. The van der Waals surface area contributed by atoms with Gasteiger partial charge in [0.25, 0.3) is 0 Å². The Bertz CT molecular complexity index is 181. The Morgan fingerprint density at radius 3 is 2.62 bits per heavy atom. The van der Waals surface area contributed by atoms with Gasteiger partial charge in [-0.1, -0.05) is 6.92 Å². The van der Waals surface area contributed by atoms with E-state index >= 15 is 0 Å². The molecule has 1 N–H and O–H groups in total. The minimum atomic E-state index is 0.577. The van der Waals surface area contributed by atoms with Gasteiger partial charge in [-0.15, -0.1) is 0 Å². The van der Waals surface area contributed by atoms with Crippen molar-refractivity contribution in [3.05, 3.63) is 0 Å². The van der Waals surface area contributed by atoms with Crippen molar-refractivity contribution in [1.82, 2.24) is 5.32 Å². The standard InChI is InChI=1S/C14H27NO/c1-12-6-8-14(9-7-12)16-11-3-5-13-4-2-10-15-13/h12-15H,2-11H2,1H3. The summed E-state index contributed by atoms with van der Waals surface area (Å²) in [5.41, 5.74) is 0. The SMILES string of the molecule is CC1CCC(OCCCC2CCCN2)CC1. The van der Waals surface area contributed by atoms with Crippen molar-refractivity contribution >= 4 is 0 Å². The van der Waals surface area contributed by atoms with Crippen molar-refractivity contribution in [2.45, 2.75) is 70.4 Å². The molecule has 2 fully saturated rings. The summed E-state index contributed by atoms with van der Waals surface area (Å²) in [6.45, 7) is 4.57. The Morgan fingerprint density at radius 2 is 1.94 bits per heavy atom. The molecule has 1 atom stereocenters. The number of hydrogen-bond donors (Lipinski definition) is 1. The number of ether oxygens (including phenoxy) is 1. The molecule has 1 aliphatic carbocycles. The van der Waals surface area contributed by atoms with Gasteiger partial charge in [0, 0.05) is 12.6 Å². The molecule has 2 nitrogen and oxygen atoms in total. The van der Waals surface area contributed by atoms with Gasteiger partial charge < -0.3 is 10.1 Å². The molecule has 0 spiro atoms. The largest absolute Gasteiger partial charge is 0.378 e. The van der Waals surface area contributed by atoms with Crippen LogP contribution in [-0.2, 0) is 4.74 Å². The summed E-state index contributed by atoms with van der Waals surface area (Å²) in [5.74, 6) is 0.933. The third-order valence-electron chi connectivity index (χ3n) is 4.18. The smallest absolute Gasteiger partial charge is 0.0575 e. The van der Waals surface area contributed by atoms with Crippen molar-refractivity contribution in [3.63, 3.8) is 0 Å². The van der Waals surface area contributed by atoms with Crippen LogP contribution >= 0.6 is 0 Å². The van der Waals surface area contributed by atoms with E-state index in [0.717, 1.165) is 18.6 Å². The molecule has 1 saturated carbocycles. The molecule has 0 aromatic carbocycles. The quantitative estimate of drug-likeness (QED) is 0.726. The topological polar surface area (TPSA) is 21.3 Å². The first-order valence-corrected chi connectivity index (χ1v) is 7.19. The Balaban J connectivity index is 1.48. The van der Waals surface area contributed by atoms with Crippen LogP contribution in [0.1, 0.15) is 58.3 Å². The Morgan fingerprint density at radius 1 is 1.12 bits per heavy atom. The van der Waals surface area contributed by atoms with Crippen LogP contribution in [0.4, 0.5) is 0 Å². The second kappa shape index (κ2) is 6.61. The van der Waals surface area contributed by atoms with Gasteiger partial charge >= 0.3 is 0 Å². The van der Waals surface area contributed by atoms with E-state index in [2.05, 4.69) is 12.2 Å². The van der Waals surface area contributed by atoms with Crippen molar-refractivity contribution in [2.24, 2.45) is 5.92 Å². The molecular formula is C14H27NO. The lowest BCUT2D eigenvalue weighted by Gasteiger charge is -2.26. The van der Waals surface area contributed by atoms with Crippen LogP contribution < -0.4 is 5.32 Å². The summed E-state index contributed by atoms with van der Waals surface area (Å²) >= 11 is 0. The van der Waals surface area contributed by atoms with Crippen molar-refractivity contribution in [3.8, 4) is 0 Å². The minimum Gasteiger partial charge on any atom is -0.378 e. The lowest BCUT2D eigenvalue weighted by atomic mass is 9.89. The molecule has 16 heavy (non-hydrogen) atoms. The van der Waals surface area contributed by atoms with Crippen LogP contribution in [0, 0.1) is 5.92 Å². The fraction of sp³-hybridized carbons (Fsp3) is 1.00. The third kappa shape index (κ3) is 4.06. The van der Waals surface area contributed by atoms with Crippen molar-refractivity contribution in [1.29, 1.82) is 0 Å². The molecule has 2 aliphatic rings. The fourth-order valence-corrected chi connectivity index (χ4v) is 2.98. The van der Waals surface area contributed by atoms with E-state index in [1.807, 2.05) is 0 Å². The fourth-order valence-electron chi connectivity index (χ4n) is 2.98. The molecule has 94 valence electrons. The number of nitrogens with one attached hydrogen (secondary N) is 1. The molecule has 0 amide bonds. The summed E-state index contributed by atoms with van der Waals surface area (Å²) in [7, 11) is 0. The predicted molar refractivity (Wildman–Crippen MR) is 67.6 cm³/mol. The second-order valence-electron chi connectivity index (χ2n) is 5.69. The van der Waals surface area contributed by atoms with Crippen LogP contribution in [0.15, 0.2) is 0 Å². The number of rotatable bonds is 5. The van der Waals surface area contributed by atoms with Crippen LogP contribution in [-0.4, -0.2) is 25.3 Å². The summed E-state index contributed by atoms with van der Waals surface area (Å²) in [6, 6.07) is 0.787. The maximum absolute atomic E-state index is 5.96. The molecule has 1 unspecified atom stereocenters. The molecule has 1 heterocycles. The highest BCUT2D eigenvalue weighted by molar-refractivity contribution is 4.74. The van der Waals surface area contributed by atoms with E-state index < -0.39 is 0 Å². The maximum atomic E-state index is 5.96. The minimum absolute atomic E-state index is 0.577. The van der Waals surface area contributed by atoms with Crippen molar-refractivity contribution in [2.75, 3.05) is 13.2 Å². The van der Waals surface area contributed by atoms with Gasteiger partial charge in [-0.05, 0) is 63.8 Å². The zero-order chi connectivity index (χ0) is 11.2. The third-order valence-corrected chi connectivity index (χ3v) is 4.18. The van der Waals surface area contributed by atoms with Gasteiger partial charge in [-0.3, -0.25) is 0 Å². The maximum Gasteiger partial charge on any atom is 0.0575 e. The van der Waals surface area contributed by atoms with Gasteiger partial charge in [0.2, 0.25) is 0 Å². The Labute approximate surface area is 100 Å². The predicted octanol–water partition coefficient (Wildman–Crippen LogP) is 3.11. The molecule has 0 aromatic rings.